The van der Waals surface area contributed by atoms with Crippen molar-refractivity contribution in [1.82, 2.24) is 5.32 Å². The van der Waals surface area contributed by atoms with E-state index in [9.17, 15) is 14.9 Å². The number of nitro benzene ring substituents is 1. The lowest BCUT2D eigenvalue weighted by Gasteiger charge is -2.18. The highest BCUT2D eigenvalue weighted by Crippen LogP contribution is 2.23. The molecule has 7 nitrogen and oxygen atoms in total. The highest BCUT2D eigenvalue weighted by Gasteiger charge is 2.24. The van der Waals surface area contributed by atoms with Crippen molar-refractivity contribution in [2.75, 3.05) is 18.0 Å². The Bertz CT molecular complexity index is 460. The standard InChI is InChI=1S/C11H13N3O4/c15-11(16)12-8-5-6-13(7-8)9-1-3-10(4-2-9)14(17)18/h1-4,8,12H,5-7H2,(H,15,16). The van der Waals surface area contributed by atoms with Gasteiger partial charge in [0.2, 0.25) is 0 Å². The molecule has 1 aromatic rings. The maximum absolute atomic E-state index is 10.5. The first kappa shape index (κ1) is 12.2. The summed E-state index contributed by atoms with van der Waals surface area (Å²) < 4.78 is 0. The van der Waals surface area contributed by atoms with Gasteiger partial charge in [-0.1, -0.05) is 0 Å². The highest BCUT2D eigenvalue weighted by atomic mass is 16.6. The number of rotatable bonds is 3. The molecule has 2 rings (SSSR count). The number of hydrogen-bond donors (Lipinski definition) is 2. The minimum atomic E-state index is -1.02. The normalized spacial score (nSPS) is 18.7. The molecule has 0 radical (unpaired) electrons. The Morgan fingerprint density at radius 2 is 2.11 bits per heavy atom. The van der Waals surface area contributed by atoms with Gasteiger partial charge in [0.05, 0.1) is 11.0 Å². The molecule has 1 heterocycles. The fourth-order valence-corrected chi connectivity index (χ4v) is 2.07. The van der Waals surface area contributed by atoms with Gasteiger partial charge in [0.1, 0.15) is 0 Å². The number of anilines is 1. The second-order valence-electron chi connectivity index (χ2n) is 4.15. The van der Waals surface area contributed by atoms with E-state index in [4.69, 9.17) is 5.11 Å². The van der Waals surface area contributed by atoms with Gasteiger partial charge < -0.3 is 15.3 Å². The Hall–Kier alpha value is -2.31. The van der Waals surface area contributed by atoms with Gasteiger partial charge in [0.25, 0.3) is 5.69 Å². The smallest absolute Gasteiger partial charge is 0.404 e. The maximum atomic E-state index is 10.5. The molecular weight excluding hydrogens is 238 g/mol. The predicted octanol–water partition coefficient (Wildman–Crippen LogP) is 1.44. The van der Waals surface area contributed by atoms with E-state index in [0.29, 0.717) is 6.54 Å². The van der Waals surface area contributed by atoms with Crippen molar-refractivity contribution in [3.63, 3.8) is 0 Å². The van der Waals surface area contributed by atoms with E-state index in [1.165, 1.54) is 12.1 Å². The summed E-state index contributed by atoms with van der Waals surface area (Å²) in [5.41, 5.74) is 0.924. The summed E-state index contributed by atoms with van der Waals surface area (Å²) in [5.74, 6) is 0. The summed E-state index contributed by atoms with van der Waals surface area (Å²) in [5, 5.41) is 21.6. The molecule has 7 heteroatoms. The van der Waals surface area contributed by atoms with E-state index >= 15 is 0 Å². The second kappa shape index (κ2) is 4.91. The topological polar surface area (TPSA) is 95.7 Å². The molecule has 1 aromatic carbocycles. The van der Waals surface area contributed by atoms with Gasteiger partial charge in [-0.15, -0.1) is 0 Å². The zero-order valence-electron chi connectivity index (χ0n) is 9.57. The van der Waals surface area contributed by atoms with Crippen LogP contribution in [0.15, 0.2) is 24.3 Å². The molecule has 18 heavy (non-hydrogen) atoms. The Labute approximate surface area is 103 Å². The van der Waals surface area contributed by atoms with Crippen LogP contribution >= 0.6 is 0 Å². The molecule has 1 saturated heterocycles. The van der Waals surface area contributed by atoms with Crippen LogP contribution in [0.5, 0.6) is 0 Å². The highest BCUT2D eigenvalue weighted by molar-refractivity contribution is 5.65. The number of amides is 1. The molecular formula is C11H13N3O4. The van der Waals surface area contributed by atoms with Gasteiger partial charge in [-0.2, -0.15) is 0 Å². The van der Waals surface area contributed by atoms with Crippen LogP contribution in [-0.2, 0) is 0 Å². The maximum Gasteiger partial charge on any atom is 0.404 e. The Morgan fingerprint density at radius 1 is 1.44 bits per heavy atom. The van der Waals surface area contributed by atoms with Gasteiger partial charge in [-0.05, 0) is 18.6 Å². The summed E-state index contributed by atoms with van der Waals surface area (Å²) in [6, 6.07) is 6.18. The van der Waals surface area contributed by atoms with E-state index in [-0.39, 0.29) is 11.7 Å². The van der Waals surface area contributed by atoms with Crippen molar-refractivity contribution in [2.24, 2.45) is 0 Å². The molecule has 1 atom stereocenters. The first-order valence-electron chi connectivity index (χ1n) is 5.55. The van der Waals surface area contributed by atoms with Gasteiger partial charge >= 0.3 is 6.09 Å². The number of hydrogen-bond acceptors (Lipinski definition) is 4. The number of nitrogens with one attached hydrogen (secondary N) is 1. The summed E-state index contributed by atoms with van der Waals surface area (Å²) in [6.45, 7) is 1.33. The lowest BCUT2D eigenvalue weighted by molar-refractivity contribution is -0.384. The van der Waals surface area contributed by atoms with Crippen LogP contribution in [0.4, 0.5) is 16.2 Å². The molecule has 0 spiro atoms. The number of non-ortho nitro benzene ring substituents is 1. The molecule has 2 N–H and O–H groups in total. The van der Waals surface area contributed by atoms with Crippen LogP contribution < -0.4 is 10.2 Å². The third kappa shape index (κ3) is 2.68. The van der Waals surface area contributed by atoms with Gasteiger partial charge in [-0.25, -0.2) is 4.79 Å². The first-order valence-corrected chi connectivity index (χ1v) is 5.55. The summed E-state index contributed by atoms with van der Waals surface area (Å²) in [6.07, 6.45) is -0.283. The van der Waals surface area contributed by atoms with Crippen LogP contribution in [0, 0.1) is 10.1 Å². The van der Waals surface area contributed by atoms with Crippen molar-refractivity contribution in [2.45, 2.75) is 12.5 Å². The molecule has 1 unspecified atom stereocenters. The molecule has 0 bridgehead atoms. The zero-order chi connectivity index (χ0) is 13.1. The van der Waals surface area contributed by atoms with Gasteiger partial charge in [0.15, 0.2) is 0 Å². The molecule has 0 saturated carbocycles. The summed E-state index contributed by atoms with van der Waals surface area (Å²) in [7, 11) is 0. The van der Waals surface area contributed by atoms with Gasteiger partial charge in [-0.3, -0.25) is 10.1 Å². The molecule has 1 amide bonds. The molecule has 96 valence electrons. The molecule has 0 aromatic heterocycles. The van der Waals surface area contributed by atoms with Crippen LogP contribution in [0.3, 0.4) is 0 Å². The number of benzene rings is 1. The summed E-state index contributed by atoms with van der Waals surface area (Å²) >= 11 is 0. The third-order valence-corrected chi connectivity index (χ3v) is 2.94. The molecule has 0 aliphatic carbocycles. The Balaban J connectivity index is 2.01. The quantitative estimate of drug-likeness (QED) is 0.626. The first-order chi connectivity index (χ1) is 8.56. The zero-order valence-corrected chi connectivity index (χ0v) is 9.57. The minimum Gasteiger partial charge on any atom is -0.465 e. The fraction of sp³-hybridized carbons (Fsp3) is 0.364. The second-order valence-corrected chi connectivity index (χ2v) is 4.15. The van der Waals surface area contributed by atoms with Crippen molar-refractivity contribution in [3.05, 3.63) is 34.4 Å². The molecule has 1 aliphatic rings. The van der Waals surface area contributed by atoms with E-state index < -0.39 is 11.0 Å². The Kier molecular flexibility index (Phi) is 3.31. The third-order valence-electron chi connectivity index (χ3n) is 2.94. The van der Waals surface area contributed by atoms with Crippen LogP contribution in [0.2, 0.25) is 0 Å². The lowest BCUT2D eigenvalue weighted by Crippen LogP contribution is -2.35. The number of carboxylic acid groups (broad SMARTS) is 1. The van der Waals surface area contributed by atoms with Gasteiger partial charge in [0, 0.05) is 30.9 Å². The molecule has 1 aliphatic heterocycles. The lowest BCUT2D eigenvalue weighted by atomic mass is 10.2. The number of carbonyl (C=O) groups is 1. The molecule has 1 fully saturated rings. The minimum absolute atomic E-state index is 0.0538. The van der Waals surface area contributed by atoms with E-state index in [0.717, 1.165) is 18.7 Å². The average Bonchev–Trinajstić information content (AvgIpc) is 2.76. The predicted molar refractivity (Wildman–Crippen MR) is 64.9 cm³/mol. The average molecular weight is 251 g/mol. The monoisotopic (exact) mass is 251 g/mol. The van der Waals surface area contributed by atoms with Crippen molar-refractivity contribution < 1.29 is 14.8 Å². The van der Waals surface area contributed by atoms with Crippen molar-refractivity contribution in [3.8, 4) is 0 Å². The summed E-state index contributed by atoms with van der Waals surface area (Å²) in [4.78, 5) is 22.6. The van der Waals surface area contributed by atoms with E-state index in [2.05, 4.69) is 5.32 Å². The number of nitrogens with zero attached hydrogens (tertiary/aromatic N) is 2. The van der Waals surface area contributed by atoms with E-state index in [1.807, 2.05) is 4.90 Å². The largest absolute Gasteiger partial charge is 0.465 e. The van der Waals surface area contributed by atoms with E-state index in [1.54, 1.807) is 12.1 Å². The SMILES string of the molecule is O=C(O)NC1CCN(c2ccc([N+](=O)[O-])cc2)C1. The number of nitro groups is 1. The van der Waals surface area contributed by atoms with Crippen LogP contribution in [-0.4, -0.2) is 35.3 Å². The fourth-order valence-electron chi connectivity index (χ4n) is 2.07. The van der Waals surface area contributed by atoms with Crippen molar-refractivity contribution in [1.29, 1.82) is 0 Å². The van der Waals surface area contributed by atoms with Crippen LogP contribution in [0.25, 0.3) is 0 Å². The Morgan fingerprint density at radius 3 is 2.67 bits per heavy atom. The van der Waals surface area contributed by atoms with Crippen LogP contribution in [0.1, 0.15) is 6.42 Å². The van der Waals surface area contributed by atoms with Crippen molar-refractivity contribution >= 4 is 17.5 Å².